The lowest BCUT2D eigenvalue weighted by atomic mass is 9.81. The van der Waals surface area contributed by atoms with E-state index in [1.54, 1.807) is 0 Å². The van der Waals surface area contributed by atoms with Crippen LogP contribution in [0.25, 0.3) is 0 Å². The summed E-state index contributed by atoms with van der Waals surface area (Å²) in [6.07, 6.45) is 2.04. The summed E-state index contributed by atoms with van der Waals surface area (Å²) in [6, 6.07) is 0. The van der Waals surface area contributed by atoms with Gasteiger partial charge >= 0.3 is 0 Å². The number of nitrogens with zero attached hydrogens (tertiary/aromatic N) is 3. The molecule has 6 nitrogen and oxygen atoms in total. The lowest BCUT2D eigenvalue weighted by Gasteiger charge is -2.31. The third-order valence-electron chi connectivity index (χ3n) is 4.55. The molecule has 2 aliphatic heterocycles. The van der Waals surface area contributed by atoms with E-state index >= 15 is 0 Å². The highest BCUT2D eigenvalue weighted by Gasteiger charge is 2.36. The molecule has 1 aromatic heterocycles. The van der Waals surface area contributed by atoms with E-state index in [-0.39, 0.29) is 11.5 Å². The Kier molecular flexibility index (Phi) is 4.05. The van der Waals surface area contributed by atoms with Crippen molar-refractivity contribution in [3.05, 3.63) is 11.7 Å². The van der Waals surface area contributed by atoms with E-state index in [1.807, 2.05) is 0 Å². The van der Waals surface area contributed by atoms with Crippen LogP contribution in [0.1, 0.15) is 44.5 Å². The zero-order valence-corrected chi connectivity index (χ0v) is 12.4. The minimum Gasteiger partial charge on any atom is -0.367 e. The molecule has 112 valence electrons. The Bertz CT molecular complexity index is 442. The molecule has 0 saturated carbocycles. The molecule has 1 aromatic rings. The first-order chi connectivity index (χ1) is 9.71. The standard InChI is InChI=1S/C14H24N4O2/c1-3-18-8-9-19-11(10-18)12-16-13(20-17-12)14(2)4-6-15-7-5-14/h11,15H,3-10H2,1-2H3. The molecular weight excluding hydrogens is 256 g/mol. The first-order valence-electron chi connectivity index (χ1n) is 7.60. The van der Waals surface area contributed by atoms with Crippen LogP contribution in [0.4, 0.5) is 0 Å². The van der Waals surface area contributed by atoms with Crippen molar-refractivity contribution in [2.45, 2.75) is 38.2 Å². The lowest BCUT2D eigenvalue weighted by Crippen LogP contribution is -2.39. The first kappa shape index (κ1) is 14.0. The second-order valence-corrected chi connectivity index (χ2v) is 6.02. The number of aromatic nitrogens is 2. The summed E-state index contributed by atoms with van der Waals surface area (Å²) in [4.78, 5) is 7.00. The highest BCUT2D eigenvalue weighted by atomic mass is 16.5. The summed E-state index contributed by atoms with van der Waals surface area (Å²) in [5.41, 5.74) is 0.00953. The SMILES string of the molecule is CCN1CCOC(c2noc(C3(C)CCNCC3)n2)C1. The minimum absolute atomic E-state index is 0.00953. The average Bonchev–Trinajstić information content (AvgIpc) is 2.99. The van der Waals surface area contributed by atoms with Gasteiger partial charge in [-0.15, -0.1) is 0 Å². The number of hydrogen-bond acceptors (Lipinski definition) is 6. The van der Waals surface area contributed by atoms with Gasteiger partial charge in [0.15, 0.2) is 0 Å². The molecule has 2 saturated heterocycles. The first-order valence-corrected chi connectivity index (χ1v) is 7.60. The molecule has 1 N–H and O–H groups in total. The molecule has 0 amide bonds. The Balaban J connectivity index is 1.73. The van der Waals surface area contributed by atoms with Gasteiger partial charge in [-0.3, -0.25) is 4.90 Å². The predicted molar refractivity (Wildman–Crippen MR) is 74.6 cm³/mol. The normalized spacial score (nSPS) is 27.6. The topological polar surface area (TPSA) is 63.4 Å². The molecule has 0 spiro atoms. The van der Waals surface area contributed by atoms with Crippen LogP contribution in [-0.4, -0.2) is 54.4 Å². The number of likely N-dealkylation sites (N-methyl/N-ethyl adjacent to an activating group) is 1. The molecule has 0 radical (unpaired) electrons. The van der Waals surface area contributed by atoms with Crippen molar-refractivity contribution in [2.75, 3.05) is 39.3 Å². The maximum absolute atomic E-state index is 5.79. The second kappa shape index (κ2) is 5.79. The highest BCUT2D eigenvalue weighted by Crippen LogP contribution is 2.32. The Morgan fingerprint density at radius 1 is 1.40 bits per heavy atom. The van der Waals surface area contributed by atoms with E-state index in [2.05, 4.69) is 34.2 Å². The monoisotopic (exact) mass is 280 g/mol. The highest BCUT2D eigenvalue weighted by molar-refractivity contribution is 5.06. The molecule has 20 heavy (non-hydrogen) atoms. The molecule has 6 heteroatoms. The average molecular weight is 280 g/mol. The van der Waals surface area contributed by atoms with Crippen LogP contribution in [0, 0.1) is 0 Å². The quantitative estimate of drug-likeness (QED) is 0.894. The van der Waals surface area contributed by atoms with Gasteiger partial charge in [0.1, 0.15) is 6.10 Å². The smallest absolute Gasteiger partial charge is 0.232 e. The molecule has 3 heterocycles. The Morgan fingerprint density at radius 2 is 2.20 bits per heavy atom. The largest absolute Gasteiger partial charge is 0.367 e. The molecular formula is C14H24N4O2. The van der Waals surface area contributed by atoms with E-state index in [1.165, 1.54) is 0 Å². The minimum atomic E-state index is -0.0495. The fourth-order valence-corrected chi connectivity index (χ4v) is 2.95. The Morgan fingerprint density at radius 3 is 2.95 bits per heavy atom. The molecule has 0 aromatic carbocycles. The molecule has 3 rings (SSSR count). The number of ether oxygens (including phenoxy) is 1. The Labute approximate surface area is 119 Å². The molecule has 1 atom stereocenters. The van der Waals surface area contributed by atoms with Crippen molar-refractivity contribution in [3.8, 4) is 0 Å². The van der Waals surface area contributed by atoms with E-state index in [9.17, 15) is 0 Å². The maximum Gasteiger partial charge on any atom is 0.232 e. The van der Waals surface area contributed by atoms with Gasteiger partial charge in [0, 0.05) is 18.5 Å². The van der Waals surface area contributed by atoms with Crippen molar-refractivity contribution < 1.29 is 9.26 Å². The third-order valence-corrected chi connectivity index (χ3v) is 4.55. The van der Waals surface area contributed by atoms with Crippen LogP contribution < -0.4 is 5.32 Å². The van der Waals surface area contributed by atoms with Gasteiger partial charge in [0.2, 0.25) is 11.7 Å². The summed E-state index contributed by atoms with van der Waals surface area (Å²) >= 11 is 0. The number of nitrogens with one attached hydrogen (secondary N) is 1. The van der Waals surface area contributed by atoms with Crippen molar-refractivity contribution in [1.82, 2.24) is 20.4 Å². The zero-order chi connectivity index (χ0) is 14.0. The van der Waals surface area contributed by atoms with Gasteiger partial charge in [-0.2, -0.15) is 4.98 Å². The van der Waals surface area contributed by atoms with Crippen molar-refractivity contribution in [2.24, 2.45) is 0 Å². The molecule has 1 unspecified atom stereocenters. The van der Waals surface area contributed by atoms with E-state index in [0.29, 0.717) is 5.82 Å². The van der Waals surface area contributed by atoms with Gasteiger partial charge in [0.25, 0.3) is 0 Å². The summed E-state index contributed by atoms with van der Waals surface area (Å²) in [6.45, 7) is 10.0. The third kappa shape index (κ3) is 2.73. The summed E-state index contributed by atoms with van der Waals surface area (Å²) in [5.74, 6) is 1.48. The number of piperidine rings is 1. The van der Waals surface area contributed by atoms with E-state index in [0.717, 1.165) is 58.1 Å². The summed E-state index contributed by atoms with van der Waals surface area (Å²) in [7, 11) is 0. The predicted octanol–water partition coefficient (Wildman–Crippen LogP) is 1.10. The van der Waals surface area contributed by atoms with E-state index < -0.39 is 0 Å². The van der Waals surface area contributed by atoms with Crippen LogP contribution >= 0.6 is 0 Å². The van der Waals surface area contributed by atoms with Crippen LogP contribution in [0.15, 0.2) is 4.52 Å². The summed E-state index contributed by atoms with van der Waals surface area (Å²) in [5, 5.41) is 7.54. The van der Waals surface area contributed by atoms with Gasteiger partial charge in [-0.25, -0.2) is 0 Å². The van der Waals surface area contributed by atoms with Crippen LogP contribution in [0.3, 0.4) is 0 Å². The molecule has 2 fully saturated rings. The fourth-order valence-electron chi connectivity index (χ4n) is 2.95. The molecule has 0 aliphatic carbocycles. The van der Waals surface area contributed by atoms with E-state index in [4.69, 9.17) is 9.26 Å². The van der Waals surface area contributed by atoms with Gasteiger partial charge in [-0.1, -0.05) is 19.0 Å². The molecule has 2 aliphatic rings. The van der Waals surface area contributed by atoms with Gasteiger partial charge in [0.05, 0.1) is 6.61 Å². The van der Waals surface area contributed by atoms with Crippen molar-refractivity contribution >= 4 is 0 Å². The van der Waals surface area contributed by atoms with Crippen LogP contribution in [0.2, 0.25) is 0 Å². The molecule has 0 bridgehead atoms. The Hall–Kier alpha value is -0.980. The fraction of sp³-hybridized carbons (Fsp3) is 0.857. The van der Waals surface area contributed by atoms with Gasteiger partial charge in [-0.05, 0) is 32.5 Å². The van der Waals surface area contributed by atoms with Crippen molar-refractivity contribution in [3.63, 3.8) is 0 Å². The van der Waals surface area contributed by atoms with Crippen LogP contribution in [0.5, 0.6) is 0 Å². The lowest BCUT2D eigenvalue weighted by molar-refractivity contribution is -0.0334. The zero-order valence-electron chi connectivity index (χ0n) is 12.4. The number of rotatable bonds is 3. The number of hydrogen-bond donors (Lipinski definition) is 1. The van der Waals surface area contributed by atoms with Crippen LogP contribution in [-0.2, 0) is 10.2 Å². The number of morpholine rings is 1. The summed E-state index contributed by atoms with van der Waals surface area (Å²) < 4.78 is 11.3. The second-order valence-electron chi connectivity index (χ2n) is 6.02. The van der Waals surface area contributed by atoms with Gasteiger partial charge < -0.3 is 14.6 Å². The maximum atomic E-state index is 5.79. The van der Waals surface area contributed by atoms with Crippen molar-refractivity contribution in [1.29, 1.82) is 0 Å².